The minimum absolute atomic E-state index is 0.123. The second kappa shape index (κ2) is 7.74. The number of carboxylic acids is 1. The molecule has 0 aromatic carbocycles. The van der Waals surface area contributed by atoms with Crippen LogP contribution in [0.4, 0.5) is 4.79 Å². The lowest BCUT2D eigenvalue weighted by Gasteiger charge is -2.19. The van der Waals surface area contributed by atoms with Crippen LogP contribution in [0.2, 0.25) is 0 Å². The summed E-state index contributed by atoms with van der Waals surface area (Å²) in [6, 6.07) is 0. The summed E-state index contributed by atoms with van der Waals surface area (Å²) >= 11 is 0. The average Bonchev–Trinajstić information content (AvgIpc) is 2.77. The van der Waals surface area contributed by atoms with Crippen molar-refractivity contribution < 1.29 is 24.2 Å². The summed E-state index contributed by atoms with van der Waals surface area (Å²) in [5.74, 6) is -1.16. The number of nitrogens with one attached hydrogen (secondary N) is 1. The number of hydrogen-bond donors (Lipinski definition) is 2. The first-order valence-corrected chi connectivity index (χ1v) is 6.86. The highest BCUT2D eigenvalue weighted by Gasteiger charge is 2.20. The number of aromatic carboxylic acids is 1. The minimum Gasteiger partial charge on any atom is -0.476 e. The van der Waals surface area contributed by atoms with Crippen LogP contribution in [0.3, 0.4) is 0 Å². The molecular weight excluding hydrogens is 292 g/mol. The molecule has 1 rings (SSSR count). The number of carboxylic acid groups (broad SMARTS) is 1. The molecule has 1 aromatic heterocycles. The third-order valence-electron chi connectivity index (χ3n) is 2.58. The van der Waals surface area contributed by atoms with Gasteiger partial charge in [0, 0.05) is 20.1 Å². The fraction of sp³-hybridized carbons (Fsp3) is 0.692. The maximum absolute atomic E-state index is 11.6. The Kier molecular flexibility index (Phi) is 6.29. The van der Waals surface area contributed by atoms with Gasteiger partial charge in [-0.3, -0.25) is 0 Å². The van der Waals surface area contributed by atoms with E-state index in [-0.39, 0.29) is 18.7 Å². The summed E-state index contributed by atoms with van der Waals surface area (Å²) in [7, 11) is 1.54. The van der Waals surface area contributed by atoms with E-state index in [4.69, 9.17) is 14.6 Å². The molecule has 0 aliphatic rings. The van der Waals surface area contributed by atoms with Gasteiger partial charge in [-0.15, -0.1) is 5.10 Å². The smallest absolute Gasteiger partial charge is 0.407 e. The molecule has 0 saturated carbocycles. The van der Waals surface area contributed by atoms with E-state index in [0.717, 1.165) is 0 Å². The Morgan fingerprint density at radius 1 is 1.36 bits per heavy atom. The molecule has 0 atom stereocenters. The van der Waals surface area contributed by atoms with E-state index in [1.165, 1.54) is 4.68 Å². The summed E-state index contributed by atoms with van der Waals surface area (Å²) in [5.41, 5.74) is -0.277. The Balaban J connectivity index is 2.65. The Morgan fingerprint density at radius 3 is 2.59 bits per heavy atom. The summed E-state index contributed by atoms with van der Waals surface area (Å²) in [6.07, 6.45) is -0.280. The molecule has 0 bridgehead atoms. The predicted octanol–water partition coefficient (Wildman–Crippen LogP) is 0.690. The van der Waals surface area contributed by atoms with Crippen LogP contribution in [0.15, 0.2) is 0 Å². The molecule has 9 nitrogen and oxygen atoms in total. The molecule has 1 aromatic rings. The highest BCUT2D eigenvalue weighted by atomic mass is 16.6. The molecule has 0 aliphatic heterocycles. The summed E-state index contributed by atoms with van der Waals surface area (Å²) in [4.78, 5) is 22.7. The quantitative estimate of drug-likeness (QED) is 0.760. The molecule has 0 aliphatic carbocycles. The van der Waals surface area contributed by atoms with E-state index in [0.29, 0.717) is 18.8 Å². The van der Waals surface area contributed by atoms with Crippen molar-refractivity contribution in [2.24, 2.45) is 0 Å². The van der Waals surface area contributed by atoms with Gasteiger partial charge in [-0.2, -0.15) is 0 Å². The van der Waals surface area contributed by atoms with Crippen LogP contribution in [-0.2, 0) is 22.4 Å². The highest BCUT2D eigenvalue weighted by Crippen LogP contribution is 2.08. The van der Waals surface area contributed by atoms with Crippen molar-refractivity contribution >= 4 is 12.1 Å². The molecule has 0 spiro atoms. The van der Waals surface area contributed by atoms with E-state index >= 15 is 0 Å². The number of carbonyl (C=O) groups is 2. The standard InChI is InChI=1S/C13H22N4O5/c1-13(2,3)22-12(20)14-6-5-9-10(11(18)19)15-16-17(9)7-8-21-4/h5-8H2,1-4H3,(H,14,20)(H,18,19). The zero-order chi connectivity index (χ0) is 16.8. The third-order valence-corrected chi connectivity index (χ3v) is 2.58. The number of alkyl carbamates (subject to hydrolysis) is 1. The summed E-state index contributed by atoms with van der Waals surface area (Å²) in [6.45, 7) is 6.28. The first-order valence-electron chi connectivity index (χ1n) is 6.86. The van der Waals surface area contributed by atoms with Gasteiger partial charge in [-0.05, 0) is 20.8 Å². The molecule has 0 radical (unpaired) electrons. The van der Waals surface area contributed by atoms with Crippen molar-refractivity contribution in [3.63, 3.8) is 0 Å². The van der Waals surface area contributed by atoms with Crippen LogP contribution >= 0.6 is 0 Å². The van der Waals surface area contributed by atoms with Crippen molar-refractivity contribution in [3.8, 4) is 0 Å². The van der Waals surface area contributed by atoms with Gasteiger partial charge in [0.15, 0.2) is 5.69 Å². The Bertz CT molecular complexity index is 521. The molecular formula is C13H22N4O5. The monoisotopic (exact) mass is 314 g/mol. The topological polar surface area (TPSA) is 116 Å². The lowest BCUT2D eigenvalue weighted by molar-refractivity contribution is 0.0528. The van der Waals surface area contributed by atoms with E-state index in [2.05, 4.69) is 15.6 Å². The molecule has 0 unspecified atom stereocenters. The normalized spacial score (nSPS) is 11.3. The van der Waals surface area contributed by atoms with Crippen molar-refractivity contribution in [2.45, 2.75) is 39.3 Å². The largest absolute Gasteiger partial charge is 0.476 e. The molecule has 1 heterocycles. The number of nitrogens with zero attached hydrogens (tertiary/aromatic N) is 3. The maximum Gasteiger partial charge on any atom is 0.407 e. The first kappa shape index (κ1) is 17.9. The molecule has 2 N–H and O–H groups in total. The summed E-state index contributed by atoms with van der Waals surface area (Å²) < 4.78 is 11.5. The van der Waals surface area contributed by atoms with E-state index in [1.54, 1.807) is 27.9 Å². The van der Waals surface area contributed by atoms with E-state index < -0.39 is 17.7 Å². The van der Waals surface area contributed by atoms with Crippen molar-refractivity contribution in [1.29, 1.82) is 0 Å². The summed E-state index contributed by atoms with van der Waals surface area (Å²) in [5, 5.41) is 19.1. The predicted molar refractivity (Wildman–Crippen MR) is 76.8 cm³/mol. The number of ether oxygens (including phenoxy) is 2. The average molecular weight is 314 g/mol. The molecule has 0 saturated heterocycles. The first-order chi connectivity index (χ1) is 10.2. The maximum atomic E-state index is 11.6. The minimum atomic E-state index is -1.16. The number of carbonyl (C=O) groups excluding carboxylic acids is 1. The van der Waals surface area contributed by atoms with Gasteiger partial charge in [0.25, 0.3) is 0 Å². The van der Waals surface area contributed by atoms with Crippen LogP contribution in [0, 0.1) is 0 Å². The second-order valence-electron chi connectivity index (χ2n) is 5.58. The van der Waals surface area contributed by atoms with Gasteiger partial charge >= 0.3 is 12.1 Å². The fourth-order valence-electron chi connectivity index (χ4n) is 1.70. The zero-order valence-electron chi connectivity index (χ0n) is 13.3. The van der Waals surface area contributed by atoms with Crippen LogP contribution < -0.4 is 5.32 Å². The van der Waals surface area contributed by atoms with Gasteiger partial charge in [-0.25, -0.2) is 14.3 Å². The number of methoxy groups -OCH3 is 1. The van der Waals surface area contributed by atoms with Crippen molar-refractivity contribution in [3.05, 3.63) is 11.4 Å². The van der Waals surface area contributed by atoms with Gasteiger partial charge in [0.2, 0.25) is 0 Å². The lowest BCUT2D eigenvalue weighted by atomic mass is 10.2. The molecule has 1 amide bonds. The van der Waals surface area contributed by atoms with E-state index in [9.17, 15) is 9.59 Å². The second-order valence-corrected chi connectivity index (χ2v) is 5.58. The Labute approximate surface area is 128 Å². The van der Waals surface area contributed by atoms with Gasteiger partial charge in [0.05, 0.1) is 18.8 Å². The van der Waals surface area contributed by atoms with Crippen LogP contribution in [0.25, 0.3) is 0 Å². The number of rotatable bonds is 7. The van der Waals surface area contributed by atoms with Gasteiger partial charge in [-0.1, -0.05) is 5.21 Å². The van der Waals surface area contributed by atoms with Gasteiger partial charge in [0.1, 0.15) is 5.60 Å². The molecule has 9 heteroatoms. The van der Waals surface area contributed by atoms with Crippen LogP contribution in [0.1, 0.15) is 37.0 Å². The third kappa shape index (κ3) is 5.68. The van der Waals surface area contributed by atoms with Crippen molar-refractivity contribution in [1.82, 2.24) is 20.3 Å². The van der Waals surface area contributed by atoms with E-state index in [1.807, 2.05) is 0 Å². The highest BCUT2D eigenvalue weighted by molar-refractivity contribution is 5.86. The molecule has 124 valence electrons. The Hall–Kier alpha value is -2.16. The zero-order valence-corrected chi connectivity index (χ0v) is 13.3. The number of aromatic nitrogens is 3. The van der Waals surface area contributed by atoms with Crippen LogP contribution in [0.5, 0.6) is 0 Å². The lowest BCUT2D eigenvalue weighted by Crippen LogP contribution is -2.34. The van der Waals surface area contributed by atoms with Crippen LogP contribution in [-0.4, -0.2) is 58.0 Å². The fourth-order valence-corrected chi connectivity index (χ4v) is 1.70. The molecule has 0 fully saturated rings. The number of hydrogen-bond acceptors (Lipinski definition) is 6. The molecule has 22 heavy (non-hydrogen) atoms. The Morgan fingerprint density at radius 2 is 2.05 bits per heavy atom. The van der Waals surface area contributed by atoms with Gasteiger partial charge < -0.3 is 19.9 Å². The number of amides is 1. The van der Waals surface area contributed by atoms with Crippen molar-refractivity contribution in [2.75, 3.05) is 20.3 Å². The SMILES string of the molecule is COCCn1nnc(C(=O)O)c1CCNC(=O)OC(C)(C)C.